The van der Waals surface area contributed by atoms with E-state index in [1.54, 1.807) is 30.7 Å². The van der Waals surface area contributed by atoms with Gasteiger partial charge < -0.3 is 14.8 Å². The molecule has 1 aromatic heterocycles. The molecular weight excluding hydrogens is 336 g/mol. The predicted molar refractivity (Wildman–Crippen MR) is 101 cm³/mol. The molecule has 25 heavy (non-hydrogen) atoms. The van der Waals surface area contributed by atoms with Gasteiger partial charge >= 0.3 is 0 Å². The van der Waals surface area contributed by atoms with E-state index in [1.165, 1.54) is 6.08 Å². The van der Waals surface area contributed by atoms with E-state index >= 15 is 0 Å². The highest BCUT2D eigenvalue weighted by atomic mass is 32.1. The fraction of sp³-hybridized carbons (Fsp3) is 0.368. The molecule has 1 aromatic carbocycles. The number of thiazole rings is 1. The first kappa shape index (κ1) is 19.0. The molecular formula is C19H24N2O3S. The standard InChI is InChI=1S/C19H24N2O3S/c1-4-5-10-24-17-8-6-15(11-18(17)23-3)7-9-19(22)21-13-16-12-20-14(2)25-16/h6-9,11-12H,4-5,10,13H2,1-3H3,(H,21,22). The number of methoxy groups -OCH3 is 1. The molecule has 0 spiro atoms. The largest absolute Gasteiger partial charge is 0.493 e. The van der Waals surface area contributed by atoms with Crippen LogP contribution >= 0.6 is 11.3 Å². The Bertz CT molecular complexity index is 725. The summed E-state index contributed by atoms with van der Waals surface area (Å²) in [7, 11) is 1.61. The number of ether oxygens (including phenoxy) is 2. The molecule has 0 aliphatic carbocycles. The SMILES string of the molecule is CCCCOc1ccc(C=CC(=O)NCc2cnc(C)s2)cc1OC. The molecule has 0 saturated carbocycles. The van der Waals surface area contributed by atoms with Crippen LogP contribution in [-0.4, -0.2) is 24.6 Å². The molecule has 6 heteroatoms. The molecule has 0 atom stereocenters. The molecule has 1 N–H and O–H groups in total. The smallest absolute Gasteiger partial charge is 0.244 e. The van der Waals surface area contributed by atoms with Gasteiger partial charge in [0.1, 0.15) is 0 Å². The van der Waals surface area contributed by atoms with Gasteiger partial charge in [0.05, 0.1) is 25.3 Å². The van der Waals surface area contributed by atoms with Crippen molar-refractivity contribution in [1.82, 2.24) is 10.3 Å². The van der Waals surface area contributed by atoms with Crippen molar-refractivity contribution in [1.29, 1.82) is 0 Å². The Hall–Kier alpha value is -2.34. The van der Waals surface area contributed by atoms with Crippen molar-refractivity contribution in [3.8, 4) is 11.5 Å². The number of carbonyl (C=O) groups is 1. The van der Waals surface area contributed by atoms with Crippen LogP contribution in [0.4, 0.5) is 0 Å². The molecule has 2 rings (SSSR count). The van der Waals surface area contributed by atoms with Crippen molar-refractivity contribution < 1.29 is 14.3 Å². The van der Waals surface area contributed by atoms with E-state index in [1.807, 2.05) is 25.1 Å². The number of rotatable bonds is 9. The molecule has 134 valence electrons. The van der Waals surface area contributed by atoms with Crippen LogP contribution in [0, 0.1) is 6.92 Å². The van der Waals surface area contributed by atoms with Crippen LogP contribution in [0.1, 0.15) is 35.2 Å². The highest BCUT2D eigenvalue weighted by Crippen LogP contribution is 2.28. The summed E-state index contributed by atoms with van der Waals surface area (Å²) >= 11 is 1.58. The van der Waals surface area contributed by atoms with Crippen molar-refractivity contribution in [2.45, 2.75) is 33.2 Å². The Balaban J connectivity index is 1.91. The first-order valence-corrected chi connectivity index (χ1v) is 9.12. The molecule has 5 nitrogen and oxygen atoms in total. The number of nitrogens with zero attached hydrogens (tertiary/aromatic N) is 1. The number of unbranched alkanes of at least 4 members (excludes halogenated alkanes) is 1. The van der Waals surface area contributed by atoms with Gasteiger partial charge in [-0.15, -0.1) is 11.3 Å². The topological polar surface area (TPSA) is 60.5 Å². The highest BCUT2D eigenvalue weighted by molar-refractivity contribution is 7.11. The van der Waals surface area contributed by atoms with Crippen molar-refractivity contribution >= 4 is 23.3 Å². The maximum Gasteiger partial charge on any atom is 0.244 e. The number of carbonyl (C=O) groups excluding carboxylic acids is 1. The van der Waals surface area contributed by atoms with E-state index in [0.29, 0.717) is 18.9 Å². The monoisotopic (exact) mass is 360 g/mol. The lowest BCUT2D eigenvalue weighted by Crippen LogP contribution is -2.19. The zero-order chi connectivity index (χ0) is 18.1. The summed E-state index contributed by atoms with van der Waals surface area (Å²) in [6.07, 6.45) is 7.14. The van der Waals surface area contributed by atoms with E-state index in [-0.39, 0.29) is 5.91 Å². The van der Waals surface area contributed by atoms with Crippen LogP contribution in [0.3, 0.4) is 0 Å². The summed E-state index contributed by atoms with van der Waals surface area (Å²) in [6, 6.07) is 5.63. The van der Waals surface area contributed by atoms with Gasteiger partial charge in [-0.3, -0.25) is 4.79 Å². The van der Waals surface area contributed by atoms with E-state index in [2.05, 4.69) is 17.2 Å². The molecule has 0 saturated heterocycles. The second-order valence-electron chi connectivity index (χ2n) is 5.51. The molecule has 0 fully saturated rings. The zero-order valence-corrected chi connectivity index (χ0v) is 15.7. The van der Waals surface area contributed by atoms with Gasteiger partial charge in [-0.2, -0.15) is 0 Å². The summed E-state index contributed by atoms with van der Waals surface area (Å²) in [5, 5.41) is 3.84. The average Bonchev–Trinajstić information content (AvgIpc) is 3.04. The van der Waals surface area contributed by atoms with Crippen LogP contribution in [-0.2, 0) is 11.3 Å². The molecule has 1 amide bonds. The highest BCUT2D eigenvalue weighted by Gasteiger charge is 2.05. The third-order valence-corrected chi connectivity index (χ3v) is 4.39. The molecule has 0 aliphatic heterocycles. The van der Waals surface area contributed by atoms with Crippen LogP contribution in [0.25, 0.3) is 6.08 Å². The van der Waals surface area contributed by atoms with Crippen LogP contribution < -0.4 is 14.8 Å². The quantitative estimate of drug-likeness (QED) is 0.543. The molecule has 0 unspecified atom stereocenters. The number of aryl methyl sites for hydroxylation is 1. The minimum absolute atomic E-state index is 0.145. The van der Waals surface area contributed by atoms with Gasteiger partial charge in [0, 0.05) is 17.2 Å². The van der Waals surface area contributed by atoms with Crippen molar-refractivity contribution in [3.05, 3.63) is 45.9 Å². The summed E-state index contributed by atoms with van der Waals surface area (Å²) < 4.78 is 11.1. The lowest BCUT2D eigenvalue weighted by molar-refractivity contribution is -0.116. The van der Waals surface area contributed by atoms with Crippen LogP contribution in [0.5, 0.6) is 11.5 Å². The second-order valence-corrected chi connectivity index (χ2v) is 6.83. The third-order valence-electron chi connectivity index (χ3n) is 3.48. The van der Waals surface area contributed by atoms with Crippen LogP contribution in [0.2, 0.25) is 0 Å². The maximum absolute atomic E-state index is 11.9. The number of hydrogen-bond acceptors (Lipinski definition) is 5. The Morgan fingerprint density at radius 2 is 2.20 bits per heavy atom. The third kappa shape index (κ3) is 6.23. The van der Waals surface area contributed by atoms with Gasteiger partial charge in [-0.1, -0.05) is 19.4 Å². The van der Waals surface area contributed by atoms with Crippen molar-refractivity contribution in [2.75, 3.05) is 13.7 Å². The van der Waals surface area contributed by atoms with Gasteiger partial charge in [0.2, 0.25) is 5.91 Å². The summed E-state index contributed by atoms with van der Waals surface area (Å²) in [4.78, 5) is 17.1. The maximum atomic E-state index is 11.9. The van der Waals surface area contributed by atoms with E-state index in [4.69, 9.17) is 9.47 Å². The fourth-order valence-corrected chi connectivity index (χ4v) is 2.86. The number of aromatic nitrogens is 1. The zero-order valence-electron chi connectivity index (χ0n) is 14.9. The van der Waals surface area contributed by atoms with Crippen LogP contribution in [0.15, 0.2) is 30.5 Å². The summed E-state index contributed by atoms with van der Waals surface area (Å²) in [5.74, 6) is 1.24. The predicted octanol–water partition coefficient (Wildman–Crippen LogP) is 3.97. The van der Waals surface area contributed by atoms with Gasteiger partial charge in [0.25, 0.3) is 0 Å². The fourth-order valence-electron chi connectivity index (χ4n) is 2.13. The second kappa shape index (κ2) is 9.84. The molecule has 0 radical (unpaired) electrons. The van der Waals surface area contributed by atoms with E-state index < -0.39 is 0 Å². The Morgan fingerprint density at radius 1 is 1.36 bits per heavy atom. The van der Waals surface area contributed by atoms with E-state index in [9.17, 15) is 4.79 Å². The first-order chi connectivity index (χ1) is 12.1. The minimum atomic E-state index is -0.145. The number of amides is 1. The first-order valence-electron chi connectivity index (χ1n) is 8.30. The average molecular weight is 360 g/mol. The molecule has 0 bridgehead atoms. The van der Waals surface area contributed by atoms with Crippen molar-refractivity contribution in [2.24, 2.45) is 0 Å². The Kier molecular flexibility index (Phi) is 7.47. The number of benzene rings is 1. The molecule has 0 aliphatic rings. The lowest BCUT2D eigenvalue weighted by atomic mass is 10.2. The van der Waals surface area contributed by atoms with Gasteiger partial charge in [-0.05, 0) is 37.1 Å². The number of nitrogens with one attached hydrogen (secondary N) is 1. The van der Waals surface area contributed by atoms with Gasteiger partial charge in [-0.25, -0.2) is 4.98 Å². The molecule has 2 aromatic rings. The summed E-state index contributed by atoms with van der Waals surface area (Å²) in [6.45, 7) is 5.22. The lowest BCUT2D eigenvalue weighted by Gasteiger charge is -2.10. The van der Waals surface area contributed by atoms with Gasteiger partial charge in [0.15, 0.2) is 11.5 Å². The number of hydrogen-bond donors (Lipinski definition) is 1. The normalized spacial score (nSPS) is 10.8. The van der Waals surface area contributed by atoms with Crippen molar-refractivity contribution in [3.63, 3.8) is 0 Å². The Morgan fingerprint density at radius 3 is 2.88 bits per heavy atom. The summed E-state index contributed by atoms with van der Waals surface area (Å²) in [5.41, 5.74) is 0.878. The molecule has 1 heterocycles. The van der Waals surface area contributed by atoms with E-state index in [0.717, 1.165) is 34.0 Å². The minimum Gasteiger partial charge on any atom is -0.493 e. The Labute approximate surface area is 152 Å².